The zero-order chi connectivity index (χ0) is 18.6. The highest BCUT2D eigenvalue weighted by Crippen LogP contribution is 2.24. The molecule has 2 rings (SSSR count). The van der Waals surface area contributed by atoms with Crippen LogP contribution in [0.15, 0.2) is 18.2 Å². The lowest BCUT2D eigenvalue weighted by Gasteiger charge is -2.29. The fraction of sp³-hybridized carbons (Fsp3) is 0.529. The van der Waals surface area contributed by atoms with E-state index in [0.717, 1.165) is 5.56 Å². The van der Waals surface area contributed by atoms with Gasteiger partial charge >= 0.3 is 0 Å². The van der Waals surface area contributed by atoms with Gasteiger partial charge in [-0.3, -0.25) is 9.59 Å². The van der Waals surface area contributed by atoms with E-state index in [4.69, 9.17) is 0 Å². The molecule has 0 aliphatic carbocycles. The van der Waals surface area contributed by atoms with Crippen LogP contribution in [0.25, 0.3) is 0 Å². The zero-order valence-electron chi connectivity index (χ0n) is 14.8. The molecule has 1 heterocycles. The number of aryl methyl sites for hydroxylation is 1. The molecule has 1 aliphatic heterocycles. The molecule has 1 aliphatic rings. The van der Waals surface area contributed by atoms with Crippen molar-refractivity contribution in [3.63, 3.8) is 0 Å². The summed E-state index contributed by atoms with van der Waals surface area (Å²) >= 11 is 0. The summed E-state index contributed by atoms with van der Waals surface area (Å²) in [6.45, 7) is 4.38. The van der Waals surface area contributed by atoms with Crippen LogP contribution in [0.2, 0.25) is 0 Å². The van der Waals surface area contributed by atoms with Gasteiger partial charge in [-0.2, -0.15) is 0 Å². The van der Waals surface area contributed by atoms with Gasteiger partial charge < -0.3 is 10.6 Å². The van der Waals surface area contributed by atoms with E-state index in [0.29, 0.717) is 43.7 Å². The highest BCUT2D eigenvalue weighted by molar-refractivity contribution is 7.88. The second-order valence-electron chi connectivity index (χ2n) is 6.36. The third kappa shape index (κ3) is 5.27. The molecule has 0 spiro atoms. The van der Waals surface area contributed by atoms with Gasteiger partial charge in [0.25, 0.3) is 0 Å². The molecule has 1 fully saturated rings. The lowest BCUT2D eigenvalue weighted by Crippen LogP contribution is -2.40. The Bertz CT molecular complexity index is 753. The van der Waals surface area contributed by atoms with Crippen LogP contribution < -0.4 is 10.6 Å². The number of benzene rings is 1. The molecular formula is C17H25N3O4S. The minimum atomic E-state index is -3.20. The van der Waals surface area contributed by atoms with Crippen molar-refractivity contribution in [1.29, 1.82) is 0 Å². The zero-order valence-corrected chi connectivity index (χ0v) is 15.6. The number of sulfonamides is 1. The van der Waals surface area contributed by atoms with E-state index in [9.17, 15) is 18.0 Å². The number of carbonyl (C=O) groups excluding carboxylic acids is 2. The highest BCUT2D eigenvalue weighted by Gasteiger charge is 2.29. The van der Waals surface area contributed by atoms with Crippen molar-refractivity contribution in [2.24, 2.45) is 5.92 Å². The molecule has 0 unspecified atom stereocenters. The molecule has 1 saturated heterocycles. The standard InChI is InChI=1S/C17H25N3O4S/c1-4-16(21)18-14-6-5-12(2)15(11-14)19-17(22)13-7-9-20(10-8-13)25(3,23)24/h5-6,11,13H,4,7-10H2,1-3H3,(H,18,21)(H,19,22). The van der Waals surface area contributed by atoms with Crippen LogP contribution in [0.1, 0.15) is 31.7 Å². The lowest BCUT2D eigenvalue weighted by atomic mass is 9.97. The maximum absolute atomic E-state index is 12.5. The van der Waals surface area contributed by atoms with Crippen LogP contribution in [-0.2, 0) is 19.6 Å². The smallest absolute Gasteiger partial charge is 0.227 e. The molecule has 0 atom stereocenters. The second kappa shape index (κ2) is 7.97. The number of nitrogens with one attached hydrogen (secondary N) is 2. The van der Waals surface area contributed by atoms with Crippen molar-refractivity contribution in [3.8, 4) is 0 Å². The van der Waals surface area contributed by atoms with E-state index < -0.39 is 10.0 Å². The molecule has 25 heavy (non-hydrogen) atoms. The maximum atomic E-state index is 12.5. The highest BCUT2D eigenvalue weighted by atomic mass is 32.2. The van der Waals surface area contributed by atoms with E-state index >= 15 is 0 Å². The van der Waals surface area contributed by atoms with Crippen molar-refractivity contribution < 1.29 is 18.0 Å². The average molecular weight is 367 g/mol. The summed E-state index contributed by atoms with van der Waals surface area (Å²) in [4.78, 5) is 24.0. The molecule has 0 bridgehead atoms. The normalized spacial score (nSPS) is 16.4. The molecule has 0 aromatic heterocycles. The van der Waals surface area contributed by atoms with E-state index in [1.54, 1.807) is 19.1 Å². The van der Waals surface area contributed by atoms with Crippen LogP contribution >= 0.6 is 0 Å². The number of amides is 2. The summed E-state index contributed by atoms with van der Waals surface area (Å²) in [5, 5.41) is 5.68. The number of piperidine rings is 1. The van der Waals surface area contributed by atoms with Gasteiger partial charge in [-0.15, -0.1) is 0 Å². The first-order chi connectivity index (χ1) is 11.7. The van der Waals surface area contributed by atoms with E-state index in [2.05, 4.69) is 10.6 Å². The van der Waals surface area contributed by atoms with Crippen LogP contribution in [0.4, 0.5) is 11.4 Å². The average Bonchev–Trinajstić information content (AvgIpc) is 2.57. The van der Waals surface area contributed by atoms with E-state index in [1.807, 2.05) is 13.0 Å². The third-order valence-corrected chi connectivity index (χ3v) is 5.70. The Kier molecular flexibility index (Phi) is 6.18. The number of carbonyl (C=O) groups is 2. The van der Waals surface area contributed by atoms with Gasteiger partial charge in [0.15, 0.2) is 0 Å². The maximum Gasteiger partial charge on any atom is 0.227 e. The first-order valence-electron chi connectivity index (χ1n) is 8.37. The summed E-state index contributed by atoms with van der Waals surface area (Å²) in [5.74, 6) is -0.421. The molecule has 2 amide bonds. The number of nitrogens with zero attached hydrogens (tertiary/aromatic N) is 1. The number of hydrogen-bond donors (Lipinski definition) is 2. The van der Waals surface area contributed by atoms with Crippen LogP contribution in [0.3, 0.4) is 0 Å². The van der Waals surface area contributed by atoms with Crippen LogP contribution in [0, 0.1) is 12.8 Å². The number of hydrogen-bond acceptors (Lipinski definition) is 4. The van der Waals surface area contributed by atoms with E-state index in [1.165, 1.54) is 10.6 Å². The number of anilines is 2. The van der Waals surface area contributed by atoms with Crippen LogP contribution in [-0.4, -0.2) is 43.9 Å². The van der Waals surface area contributed by atoms with E-state index in [-0.39, 0.29) is 17.7 Å². The van der Waals surface area contributed by atoms with Crippen molar-refractivity contribution in [2.75, 3.05) is 30.0 Å². The summed E-state index contributed by atoms with van der Waals surface area (Å²) in [5.41, 5.74) is 2.19. The first-order valence-corrected chi connectivity index (χ1v) is 10.2. The van der Waals surface area contributed by atoms with Crippen molar-refractivity contribution >= 4 is 33.2 Å². The van der Waals surface area contributed by atoms with Crippen molar-refractivity contribution in [2.45, 2.75) is 33.1 Å². The molecular weight excluding hydrogens is 342 g/mol. The summed E-state index contributed by atoms with van der Waals surface area (Å²) in [6.07, 6.45) is 2.58. The molecule has 7 nitrogen and oxygen atoms in total. The van der Waals surface area contributed by atoms with Crippen LogP contribution in [0.5, 0.6) is 0 Å². The van der Waals surface area contributed by atoms with Gasteiger partial charge in [-0.25, -0.2) is 12.7 Å². The lowest BCUT2D eigenvalue weighted by molar-refractivity contribution is -0.121. The quantitative estimate of drug-likeness (QED) is 0.831. The van der Waals surface area contributed by atoms with Gasteiger partial charge in [0, 0.05) is 36.8 Å². The molecule has 138 valence electrons. The third-order valence-electron chi connectivity index (χ3n) is 4.39. The molecule has 1 aromatic rings. The molecule has 8 heteroatoms. The Morgan fingerprint density at radius 3 is 2.40 bits per heavy atom. The van der Waals surface area contributed by atoms with Gasteiger partial charge in [0.1, 0.15) is 0 Å². The topological polar surface area (TPSA) is 95.6 Å². The Hall–Kier alpha value is -1.93. The molecule has 2 N–H and O–H groups in total. The Labute approximate surface area is 148 Å². The first kappa shape index (κ1) is 19.4. The minimum Gasteiger partial charge on any atom is -0.326 e. The van der Waals surface area contributed by atoms with Gasteiger partial charge in [0.05, 0.1) is 6.26 Å². The Morgan fingerprint density at radius 1 is 1.20 bits per heavy atom. The summed E-state index contributed by atoms with van der Waals surface area (Å²) in [6, 6.07) is 5.38. The van der Waals surface area contributed by atoms with Crippen molar-refractivity contribution in [1.82, 2.24) is 4.31 Å². The Morgan fingerprint density at radius 2 is 1.84 bits per heavy atom. The summed E-state index contributed by atoms with van der Waals surface area (Å²) < 4.78 is 24.5. The monoisotopic (exact) mass is 367 g/mol. The largest absolute Gasteiger partial charge is 0.326 e. The second-order valence-corrected chi connectivity index (χ2v) is 8.34. The predicted octanol–water partition coefficient (Wildman–Crippen LogP) is 1.95. The molecule has 1 aromatic carbocycles. The predicted molar refractivity (Wildman–Crippen MR) is 97.9 cm³/mol. The van der Waals surface area contributed by atoms with Crippen molar-refractivity contribution in [3.05, 3.63) is 23.8 Å². The summed E-state index contributed by atoms with van der Waals surface area (Å²) in [7, 11) is -3.20. The SMILES string of the molecule is CCC(=O)Nc1ccc(C)c(NC(=O)C2CCN(S(C)(=O)=O)CC2)c1. The Balaban J connectivity index is 2.01. The fourth-order valence-electron chi connectivity index (χ4n) is 2.77. The molecule has 0 radical (unpaired) electrons. The van der Waals surface area contributed by atoms with Gasteiger partial charge in [-0.1, -0.05) is 13.0 Å². The molecule has 0 saturated carbocycles. The number of rotatable bonds is 5. The van der Waals surface area contributed by atoms with Gasteiger partial charge in [-0.05, 0) is 37.5 Å². The fourth-order valence-corrected chi connectivity index (χ4v) is 3.64. The minimum absolute atomic E-state index is 0.0886. The van der Waals surface area contributed by atoms with Gasteiger partial charge in [0.2, 0.25) is 21.8 Å².